The molecule has 128 valence electrons. The van der Waals surface area contributed by atoms with Crippen LogP contribution in [0.5, 0.6) is 0 Å². The molecular formula is C19H27N5. The number of hydrogen-bond donors (Lipinski definition) is 2. The van der Waals surface area contributed by atoms with Gasteiger partial charge >= 0.3 is 0 Å². The summed E-state index contributed by atoms with van der Waals surface area (Å²) in [7, 11) is 0. The van der Waals surface area contributed by atoms with Crippen LogP contribution in [-0.4, -0.2) is 34.0 Å². The van der Waals surface area contributed by atoms with E-state index in [9.17, 15) is 0 Å². The van der Waals surface area contributed by atoms with Crippen LogP contribution in [0.1, 0.15) is 36.7 Å². The van der Waals surface area contributed by atoms with Gasteiger partial charge in [-0.15, -0.1) is 0 Å². The van der Waals surface area contributed by atoms with Gasteiger partial charge in [0, 0.05) is 31.1 Å². The summed E-state index contributed by atoms with van der Waals surface area (Å²) in [5.41, 5.74) is 8.35. The molecule has 2 heterocycles. The van der Waals surface area contributed by atoms with E-state index in [1.165, 1.54) is 12.0 Å². The second-order valence-electron chi connectivity index (χ2n) is 6.56. The van der Waals surface area contributed by atoms with Crippen molar-refractivity contribution >= 4 is 11.6 Å². The summed E-state index contributed by atoms with van der Waals surface area (Å²) in [5, 5.41) is 3.61. The Kier molecular flexibility index (Phi) is 5.30. The van der Waals surface area contributed by atoms with Crippen LogP contribution in [0.3, 0.4) is 0 Å². The second-order valence-corrected chi connectivity index (χ2v) is 6.56. The van der Waals surface area contributed by atoms with E-state index in [2.05, 4.69) is 57.4 Å². The zero-order valence-corrected chi connectivity index (χ0v) is 14.6. The molecule has 1 aromatic heterocycles. The van der Waals surface area contributed by atoms with Crippen molar-refractivity contribution in [1.29, 1.82) is 0 Å². The lowest BCUT2D eigenvalue weighted by atomic mass is 10.0. The summed E-state index contributed by atoms with van der Waals surface area (Å²) in [5.74, 6) is 2.28. The van der Waals surface area contributed by atoms with E-state index in [-0.39, 0.29) is 0 Å². The molecule has 0 bridgehead atoms. The zero-order valence-electron chi connectivity index (χ0n) is 14.6. The number of aryl methyl sites for hydroxylation is 1. The van der Waals surface area contributed by atoms with Gasteiger partial charge in [0.15, 0.2) is 0 Å². The first kappa shape index (κ1) is 16.7. The average molecular weight is 325 g/mol. The highest BCUT2D eigenvalue weighted by molar-refractivity contribution is 5.55. The highest BCUT2D eigenvalue weighted by Crippen LogP contribution is 2.22. The monoisotopic (exact) mass is 325 g/mol. The largest absolute Gasteiger partial charge is 0.383 e. The third kappa shape index (κ3) is 4.03. The average Bonchev–Trinajstić information content (AvgIpc) is 2.60. The minimum atomic E-state index is 0.403. The third-order valence-corrected chi connectivity index (χ3v) is 4.64. The van der Waals surface area contributed by atoms with Crippen molar-refractivity contribution in [3.63, 3.8) is 0 Å². The topological polar surface area (TPSA) is 67.1 Å². The van der Waals surface area contributed by atoms with Crippen molar-refractivity contribution in [3.05, 3.63) is 47.3 Å². The number of likely N-dealkylation sites (tertiary alicyclic amines) is 1. The minimum absolute atomic E-state index is 0.403. The van der Waals surface area contributed by atoms with Gasteiger partial charge in [0.05, 0.1) is 0 Å². The Morgan fingerprint density at radius 3 is 2.79 bits per heavy atom. The summed E-state index contributed by atoms with van der Waals surface area (Å²) in [6, 6.07) is 11.1. The number of rotatable bonds is 5. The maximum Gasteiger partial charge on any atom is 0.135 e. The number of nitrogens with two attached hydrogens (primary N) is 1. The summed E-state index contributed by atoms with van der Waals surface area (Å²) >= 11 is 0. The van der Waals surface area contributed by atoms with Crippen molar-refractivity contribution in [2.75, 3.05) is 24.1 Å². The quantitative estimate of drug-likeness (QED) is 0.884. The molecule has 3 rings (SSSR count). The van der Waals surface area contributed by atoms with Gasteiger partial charge in [0.2, 0.25) is 0 Å². The Bertz CT molecular complexity index is 671. The summed E-state index contributed by atoms with van der Waals surface area (Å²) in [6.07, 6.45) is 3.16. The van der Waals surface area contributed by atoms with Crippen LogP contribution in [0, 0.1) is 6.92 Å². The molecule has 1 saturated heterocycles. The van der Waals surface area contributed by atoms with Gasteiger partial charge in [-0.3, -0.25) is 4.90 Å². The van der Waals surface area contributed by atoms with Crippen molar-refractivity contribution in [1.82, 2.24) is 14.9 Å². The van der Waals surface area contributed by atoms with Crippen molar-refractivity contribution < 1.29 is 0 Å². The van der Waals surface area contributed by atoms with Crippen LogP contribution in [0.15, 0.2) is 30.3 Å². The number of aromatic nitrogens is 2. The van der Waals surface area contributed by atoms with Crippen LogP contribution in [0.25, 0.3) is 0 Å². The molecule has 0 aliphatic carbocycles. The number of benzene rings is 1. The number of anilines is 2. The second kappa shape index (κ2) is 7.62. The molecule has 0 radical (unpaired) electrons. The predicted octanol–water partition coefficient (Wildman–Crippen LogP) is 3.01. The lowest BCUT2D eigenvalue weighted by Crippen LogP contribution is -2.42. The Hall–Kier alpha value is -2.14. The van der Waals surface area contributed by atoms with Gasteiger partial charge in [-0.2, -0.15) is 0 Å². The van der Waals surface area contributed by atoms with E-state index in [1.54, 1.807) is 0 Å². The van der Waals surface area contributed by atoms with Crippen molar-refractivity contribution in [2.45, 2.75) is 45.7 Å². The fourth-order valence-corrected chi connectivity index (χ4v) is 3.23. The molecule has 3 N–H and O–H groups in total. The SMILES string of the molecule is CCc1nc(N)c(C)c(NC2CCCN(Cc3ccccc3)C2)n1. The number of hydrogen-bond acceptors (Lipinski definition) is 5. The van der Waals surface area contributed by atoms with Gasteiger partial charge in [-0.25, -0.2) is 9.97 Å². The maximum absolute atomic E-state index is 6.03. The van der Waals surface area contributed by atoms with E-state index in [1.807, 2.05) is 6.92 Å². The first-order valence-corrected chi connectivity index (χ1v) is 8.81. The van der Waals surface area contributed by atoms with Gasteiger partial charge < -0.3 is 11.1 Å². The Labute approximate surface area is 144 Å². The molecule has 0 spiro atoms. The molecule has 1 atom stereocenters. The van der Waals surface area contributed by atoms with Gasteiger partial charge in [0.1, 0.15) is 17.5 Å². The van der Waals surface area contributed by atoms with Gasteiger partial charge in [0.25, 0.3) is 0 Å². The zero-order chi connectivity index (χ0) is 16.9. The lowest BCUT2D eigenvalue weighted by molar-refractivity contribution is 0.208. The van der Waals surface area contributed by atoms with Crippen LogP contribution in [-0.2, 0) is 13.0 Å². The van der Waals surface area contributed by atoms with Crippen LogP contribution >= 0.6 is 0 Å². The number of nitrogen functional groups attached to an aromatic ring is 1. The van der Waals surface area contributed by atoms with Crippen LogP contribution in [0.2, 0.25) is 0 Å². The molecule has 0 amide bonds. The Balaban J connectivity index is 1.66. The summed E-state index contributed by atoms with van der Waals surface area (Å²) < 4.78 is 0. The Morgan fingerprint density at radius 2 is 2.04 bits per heavy atom. The lowest BCUT2D eigenvalue weighted by Gasteiger charge is -2.33. The fourth-order valence-electron chi connectivity index (χ4n) is 3.23. The number of nitrogens with zero attached hydrogens (tertiary/aromatic N) is 3. The van der Waals surface area contributed by atoms with Crippen LogP contribution < -0.4 is 11.1 Å². The predicted molar refractivity (Wildman–Crippen MR) is 98.9 cm³/mol. The van der Waals surface area contributed by atoms with Crippen molar-refractivity contribution in [2.24, 2.45) is 0 Å². The van der Waals surface area contributed by atoms with E-state index in [4.69, 9.17) is 5.73 Å². The van der Waals surface area contributed by atoms with E-state index in [0.717, 1.165) is 49.7 Å². The molecule has 1 unspecified atom stereocenters. The Morgan fingerprint density at radius 1 is 1.25 bits per heavy atom. The molecular weight excluding hydrogens is 298 g/mol. The molecule has 1 fully saturated rings. The van der Waals surface area contributed by atoms with Gasteiger partial charge in [-0.05, 0) is 31.9 Å². The van der Waals surface area contributed by atoms with E-state index < -0.39 is 0 Å². The van der Waals surface area contributed by atoms with E-state index in [0.29, 0.717) is 11.9 Å². The first-order valence-electron chi connectivity index (χ1n) is 8.81. The van der Waals surface area contributed by atoms with Crippen molar-refractivity contribution in [3.8, 4) is 0 Å². The third-order valence-electron chi connectivity index (χ3n) is 4.64. The number of nitrogens with one attached hydrogen (secondary N) is 1. The van der Waals surface area contributed by atoms with Gasteiger partial charge in [-0.1, -0.05) is 37.3 Å². The molecule has 5 nitrogen and oxygen atoms in total. The summed E-state index contributed by atoms with van der Waals surface area (Å²) in [6.45, 7) is 7.22. The highest BCUT2D eigenvalue weighted by Gasteiger charge is 2.21. The maximum atomic E-state index is 6.03. The fraction of sp³-hybridized carbons (Fsp3) is 0.474. The molecule has 0 saturated carbocycles. The first-order chi connectivity index (χ1) is 11.7. The normalized spacial score (nSPS) is 18.5. The molecule has 1 aliphatic rings. The number of piperidine rings is 1. The molecule has 5 heteroatoms. The van der Waals surface area contributed by atoms with E-state index >= 15 is 0 Å². The highest BCUT2D eigenvalue weighted by atomic mass is 15.2. The minimum Gasteiger partial charge on any atom is -0.383 e. The molecule has 2 aromatic rings. The standard InChI is InChI=1S/C19H27N5/c1-3-17-22-18(20)14(2)19(23-17)21-16-10-7-11-24(13-16)12-15-8-5-4-6-9-15/h4-6,8-9,16H,3,7,10-13H2,1-2H3,(H3,20,21,22,23). The van der Waals surface area contributed by atoms with Crippen LogP contribution in [0.4, 0.5) is 11.6 Å². The molecule has 1 aliphatic heterocycles. The molecule has 1 aromatic carbocycles. The smallest absolute Gasteiger partial charge is 0.135 e. The molecule has 24 heavy (non-hydrogen) atoms. The summed E-state index contributed by atoms with van der Waals surface area (Å²) in [4.78, 5) is 11.5.